The molecule has 1 aromatic heterocycles. The van der Waals surface area contributed by atoms with Gasteiger partial charge in [0.25, 0.3) is 0 Å². The molecule has 1 unspecified atom stereocenters. The first-order valence-electron chi connectivity index (χ1n) is 6.62. The molecule has 0 radical (unpaired) electrons. The van der Waals surface area contributed by atoms with E-state index in [4.69, 9.17) is 11.6 Å². The molecule has 1 aromatic carbocycles. The molecule has 0 saturated carbocycles. The number of H-pyrrole nitrogens is 1. The molecule has 0 spiro atoms. The van der Waals surface area contributed by atoms with Crippen LogP contribution < -0.4 is 5.32 Å². The van der Waals surface area contributed by atoms with Crippen LogP contribution in [0.2, 0.25) is 5.02 Å². The standard InChI is InChI=1S/C14H14ClF3N2O3/c1-3-23-12(21)20-11-10(13(2,22)14(16,17)18)8-5-4-7(15)6-9(8)19-11/h4-6,19,22H,3H2,1-2H3,(H,20,21). The van der Waals surface area contributed by atoms with Crippen LogP contribution >= 0.6 is 11.6 Å². The molecule has 0 aliphatic rings. The summed E-state index contributed by atoms with van der Waals surface area (Å²) < 4.78 is 44.4. The summed E-state index contributed by atoms with van der Waals surface area (Å²) in [6, 6.07) is 4.12. The Labute approximate surface area is 134 Å². The summed E-state index contributed by atoms with van der Waals surface area (Å²) in [7, 11) is 0. The zero-order valence-corrected chi connectivity index (χ0v) is 13.0. The smallest absolute Gasteiger partial charge is 0.421 e. The number of halogens is 4. The molecular weight excluding hydrogens is 337 g/mol. The molecule has 1 heterocycles. The third kappa shape index (κ3) is 3.23. The van der Waals surface area contributed by atoms with E-state index in [2.05, 4.69) is 15.0 Å². The number of benzene rings is 1. The van der Waals surface area contributed by atoms with Crippen molar-refractivity contribution in [1.29, 1.82) is 0 Å². The first kappa shape index (κ1) is 17.4. The first-order valence-corrected chi connectivity index (χ1v) is 7.00. The predicted octanol–water partition coefficient (Wildman–Crippen LogP) is 4.16. The molecule has 5 nitrogen and oxygen atoms in total. The van der Waals surface area contributed by atoms with Crippen molar-refractivity contribution < 1.29 is 27.8 Å². The van der Waals surface area contributed by atoms with Crippen molar-refractivity contribution in [3.8, 4) is 0 Å². The van der Waals surface area contributed by atoms with Gasteiger partial charge in [-0.05, 0) is 26.0 Å². The lowest BCUT2D eigenvalue weighted by atomic mass is 9.94. The number of carbonyl (C=O) groups excluding carboxylic acids is 1. The van der Waals surface area contributed by atoms with Crippen molar-refractivity contribution in [2.75, 3.05) is 11.9 Å². The predicted molar refractivity (Wildman–Crippen MR) is 79.6 cm³/mol. The summed E-state index contributed by atoms with van der Waals surface area (Å²) in [5.74, 6) is -0.303. The number of nitrogens with one attached hydrogen (secondary N) is 2. The number of hydrogen-bond donors (Lipinski definition) is 3. The summed E-state index contributed by atoms with van der Waals surface area (Å²) in [5, 5.41) is 12.6. The van der Waals surface area contributed by atoms with Gasteiger partial charge in [-0.15, -0.1) is 0 Å². The van der Waals surface area contributed by atoms with E-state index in [0.717, 1.165) is 0 Å². The number of aliphatic hydroxyl groups is 1. The molecule has 2 rings (SSSR count). The van der Waals surface area contributed by atoms with Gasteiger partial charge in [0.05, 0.1) is 6.61 Å². The second-order valence-corrected chi connectivity index (χ2v) is 5.42. The summed E-state index contributed by atoms with van der Waals surface area (Å²) in [6.07, 6.45) is -5.89. The van der Waals surface area contributed by atoms with Crippen LogP contribution in [-0.2, 0) is 10.3 Å². The second kappa shape index (κ2) is 5.93. The molecule has 0 aliphatic carbocycles. The van der Waals surface area contributed by atoms with Crippen LogP contribution in [0.25, 0.3) is 10.9 Å². The van der Waals surface area contributed by atoms with Crippen molar-refractivity contribution in [3.05, 3.63) is 28.8 Å². The minimum absolute atomic E-state index is 0.0445. The Morgan fingerprint density at radius 3 is 2.65 bits per heavy atom. The van der Waals surface area contributed by atoms with E-state index in [-0.39, 0.29) is 23.3 Å². The Hall–Kier alpha value is -1.93. The number of amides is 1. The monoisotopic (exact) mass is 350 g/mol. The van der Waals surface area contributed by atoms with Crippen molar-refractivity contribution in [2.45, 2.75) is 25.6 Å². The molecule has 0 aliphatic heterocycles. The largest absolute Gasteiger partial charge is 0.450 e. The van der Waals surface area contributed by atoms with Gasteiger partial charge in [0.15, 0.2) is 5.60 Å². The molecular formula is C14H14ClF3N2O3. The Morgan fingerprint density at radius 1 is 1.43 bits per heavy atom. The highest BCUT2D eigenvalue weighted by atomic mass is 35.5. The fourth-order valence-corrected chi connectivity index (χ4v) is 2.35. The van der Waals surface area contributed by atoms with E-state index >= 15 is 0 Å². The quantitative estimate of drug-likeness (QED) is 0.778. The highest BCUT2D eigenvalue weighted by molar-refractivity contribution is 6.31. The van der Waals surface area contributed by atoms with Gasteiger partial charge < -0.3 is 14.8 Å². The number of alkyl halides is 3. The average molecular weight is 351 g/mol. The van der Waals surface area contributed by atoms with Gasteiger partial charge in [0.1, 0.15) is 5.82 Å². The van der Waals surface area contributed by atoms with Crippen LogP contribution in [-0.4, -0.2) is 29.0 Å². The Morgan fingerprint density at radius 2 is 2.09 bits per heavy atom. The molecule has 3 N–H and O–H groups in total. The number of carbonyl (C=O) groups is 1. The Kier molecular flexibility index (Phi) is 4.50. The summed E-state index contributed by atoms with van der Waals surface area (Å²) in [6.45, 7) is 2.21. The van der Waals surface area contributed by atoms with E-state index in [9.17, 15) is 23.1 Å². The topological polar surface area (TPSA) is 74.3 Å². The third-order valence-electron chi connectivity index (χ3n) is 3.30. The molecule has 9 heteroatoms. The van der Waals surface area contributed by atoms with Crippen LogP contribution in [0.5, 0.6) is 0 Å². The lowest BCUT2D eigenvalue weighted by molar-refractivity contribution is -0.258. The number of anilines is 1. The Bertz CT molecular complexity index is 741. The average Bonchev–Trinajstić information content (AvgIpc) is 2.74. The van der Waals surface area contributed by atoms with Gasteiger partial charge in [-0.2, -0.15) is 13.2 Å². The maximum Gasteiger partial charge on any atom is 0.421 e. The molecule has 2 aromatic rings. The zero-order chi connectivity index (χ0) is 17.4. The van der Waals surface area contributed by atoms with Crippen LogP contribution in [0.3, 0.4) is 0 Å². The van der Waals surface area contributed by atoms with Gasteiger partial charge >= 0.3 is 12.3 Å². The van der Waals surface area contributed by atoms with Crippen molar-refractivity contribution in [3.63, 3.8) is 0 Å². The fourth-order valence-electron chi connectivity index (χ4n) is 2.18. The van der Waals surface area contributed by atoms with Crippen molar-refractivity contribution in [1.82, 2.24) is 4.98 Å². The Balaban J connectivity index is 2.66. The highest BCUT2D eigenvalue weighted by Gasteiger charge is 2.53. The number of aromatic amines is 1. The molecule has 1 amide bonds. The molecule has 1 atom stereocenters. The van der Waals surface area contributed by atoms with Gasteiger partial charge in [-0.25, -0.2) is 4.79 Å². The maximum atomic E-state index is 13.2. The third-order valence-corrected chi connectivity index (χ3v) is 3.54. The molecule has 0 bridgehead atoms. The minimum Gasteiger partial charge on any atom is -0.450 e. The summed E-state index contributed by atoms with van der Waals surface area (Å²) >= 11 is 5.82. The van der Waals surface area contributed by atoms with E-state index in [1.807, 2.05) is 0 Å². The number of fused-ring (bicyclic) bond motifs is 1. The van der Waals surface area contributed by atoms with E-state index in [1.54, 1.807) is 6.92 Å². The van der Waals surface area contributed by atoms with Gasteiger partial charge in [-0.3, -0.25) is 5.32 Å². The van der Waals surface area contributed by atoms with Gasteiger partial charge in [-0.1, -0.05) is 17.7 Å². The molecule has 23 heavy (non-hydrogen) atoms. The number of hydrogen-bond acceptors (Lipinski definition) is 3. The van der Waals surface area contributed by atoms with Crippen LogP contribution in [0.15, 0.2) is 18.2 Å². The maximum absolute atomic E-state index is 13.2. The van der Waals surface area contributed by atoms with E-state index in [0.29, 0.717) is 11.9 Å². The first-order chi connectivity index (χ1) is 10.6. The highest BCUT2D eigenvalue weighted by Crippen LogP contribution is 2.45. The molecule has 0 fully saturated rings. The normalized spacial score (nSPS) is 14.6. The van der Waals surface area contributed by atoms with E-state index in [1.165, 1.54) is 18.2 Å². The van der Waals surface area contributed by atoms with Crippen LogP contribution in [0, 0.1) is 0 Å². The van der Waals surface area contributed by atoms with Gasteiger partial charge in [0, 0.05) is 21.5 Å². The van der Waals surface area contributed by atoms with Crippen molar-refractivity contribution in [2.24, 2.45) is 0 Å². The zero-order valence-electron chi connectivity index (χ0n) is 12.2. The molecule has 0 saturated heterocycles. The summed E-state index contributed by atoms with van der Waals surface area (Å²) in [5.41, 5.74) is -3.46. The van der Waals surface area contributed by atoms with Crippen molar-refractivity contribution >= 4 is 34.4 Å². The van der Waals surface area contributed by atoms with Gasteiger partial charge in [0.2, 0.25) is 0 Å². The lowest BCUT2D eigenvalue weighted by Crippen LogP contribution is -2.39. The molecule has 126 valence electrons. The fraction of sp³-hybridized carbons (Fsp3) is 0.357. The number of rotatable bonds is 3. The minimum atomic E-state index is -4.95. The lowest BCUT2D eigenvalue weighted by Gasteiger charge is -2.27. The van der Waals surface area contributed by atoms with Crippen LogP contribution in [0.4, 0.5) is 23.8 Å². The number of aromatic nitrogens is 1. The SMILES string of the molecule is CCOC(=O)Nc1[nH]c2cc(Cl)ccc2c1C(C)(O)C(F)(F)F. The number of ether oxygens (including phenoxy) is 1. The summed E-state index contributed by atoms with van der Waals surface area (Å²) in [4.78, 5) is 14.2. The van der Waals surface area contributed by atoms with Crippen LogP contribution in [0.1, 0.15) is 19.4 Å². The van der Waals surface area contributed by atoms with E-state index < -0.39 is 23.4 Å². The second-order valence-electron chi connectivity index (χ2n) is 4.98.